The zero-order valence-electron chi connectivity index (χ0n) is 13.4. The van der Waals surface area contributed by atoms with Gasteiger partial charge in [-0.25, -0.2) is 5.43 Å². The number of aryl methyl sites for hydroxylation is 1. The molecule has 0 fully saturated rings. The average molecular weight is 325 g/mol. The SMILES string of the molecule is CN1C=C(NC(=O)c2ccc3cc4n(c3c2)CCCNC4=O)CN1. The number of nitrogens with zero attached hydrogens (tertiary/aromatic N) is 2. The van der Waals surface area contributed by atoms with E-state index in [0.29, 0.717) is 24.3 Å². The van der Waals surface area contributed by atoms with Crippen LogP contribution in [0.2, 0.25) is 0 Å². The Morgan fingerprint density at radius 1 is 1.29 bits per heavy atom. The number of hydrazine groups is 1. The molecule has 3 heterocycles. The van der Waals surface area contributed by atoms with Gasteiger partial charge in [-0.3, -0.25) is 9.59 Å². The van der Waals surface area contributed by atoms with E-state index in [0.717, 1.165) is 29.6 Å². The summed E-state index contributed by atoms with van der Waals surface area (Å²) in [5, 5.41) is 8.59. The fourth-order valence-electron chi connectivity index (χ4n) is 3.18. The molecule has 24 heavy (non-hydrogen) atoms. The lowest BCUT2D eigenvalue weighted by Gasteiger charge is -2.08. The number of hydrogen-bond donors (Lipinski definition) is 3. The van der Waals surface area contributed by atoms with Crippen LogP contribution < -0.4 is 16.1 Å². The minimum absolute atomic E-state index is 0.0556. The van der Waals surface area contributed by atoms with E-state index in [2.05, 4.69) is 16.1 Å². The van der Waals surface area contributed by atoms with Gasteiger partial charge in [0.05, 0.1) is 12.2 Å². The van der Waals surface area contributed by atoms with Gasteiger partial charge < -0.3 is 20.2 Å². The maximum absolute atomic E-state index is 12.5. The summed E-state index contributed by atoms with van der Waals surface area (Å²) in [5.74, 6) is -0.200. The molecule has 2 amide bonds. The molecule has 0 aliphatic carbocycles. The first-order valence-corrected chi connectivity index (χ1v) is 8.02. The van der Waals surface area contributed by atoms with Gasteiger partial charge in [0.25, 0.3) is 11.8 Å². The second-order valence-electron chi connectivity index (χ2n) is 6.12. The van der Waals surface area contributed by atoms with E-state index in [1.165, 1.54) is 0 Å². The topological polar surface area (TPSA) is 78.4 Å². The van der Waals surface area contributed by atoms with Crippen LogP contribution >= 0.6 is 0 Å². The van der Waals surface area contributed by atoms with Crippen molar-refractivity contribution in [1.82, 2.24) is 25.6 Å². The van der Waals surface area contributed by atoms with E-state index in [1.807, 2.05) is 41.0 Å². The minimum Gasteiger partial charge on any atom is -0.351 e. The molecule has 3 N–H and O–H groups in total. The molecule has 0 atom stereocenters. The smallest absolute Gasteiger partial charge is 0.267 e. The van der Waals surface area contributed by atoms with Gasteiger partial charge in [0.15, 0.2) is 0 Å². The molecule has 2 aliphatic rings. The zero-order valence-corrected chi connectivity index (χ0v) is 13.4. The number of aromatic nitrogens is 1. The molecule has 4 rings (SSSR count). The van der Waals surface area contributed by atoms with Crippen molar-refractivity contribution in [3.05, 3.63) is 47.4 Å². The molecule has 0 spiro atoms. The number of nitrogens with one attached hydrogen (secondary N) is 3. The van der Waals surface area contributed by atoms with Crippen LogP contribution in [0.4, 0.5) is 0 Å². The van der Waals surface area contributed by atoms with Crippen molar-refractivity contribution in [2.45, 2.75) is 13.0 Å². The lowest BCUT2D eigenvalue weighted by molar-refractivity contribution is 0.0948. The summed E-state index contributed by atoms with van der Waals surface area (Å²) in [6, 6.07) is 7.43. The molecule has 1 aromatic heterocycles. The number of carbonyl (C=O) groups excluding carboxylic acids is 2. The summed E-state index contributed by atoms with van der Waals surface area (Å²) in [6.07, 6.45) is 2.73. The molecule has 124 valence electrons. The highest BCUT2D eigenvalue weighted by Gasteiger charge is 2.19. The van der Waals surface area contributed by atoms with Gasteiger partial charge in [-0.2, -0.15) is 0 Å². The van der Waals surface area contributed by atoms with Crippen molar-refractivity contribution in [2.75, 3.05) is 20.1 Å². The van der Waals surface area contributed by atoms with Crippen LogP contribution in [0.15, 0.2) is 36.2 Å². The van der Waals surface area contributed by atoms with E-state index in [-0.39, 0.29) is 11.8 Å². The third-order valence-corrected chi connectivity index (χ3v) is 4.39. The predicted molar refractivity (Wildman–Crippen MR) is 90.2 cm³/mol. The van der Waals surface area contributed by atoms with Crippen molar-refractivity contribution in [2.24, 2.45) is 0 Å². The van der Waals surface area contributed by atoms with Crippen LogP contribution in [-0.4, -0.2) is 41.5 Å². The minimum atomic E-state index is -0.145. The van der Waals surface area contributed by atoms with Gasteiger partial charge >= 0.3 is 0 Å². The Hall–Kier alpha value is -2.80. The van der Waals surface area contributed by atoms with Gasteiger partial charge in [-0.1, -0.05) is 6.07 Å². The summed E-state index contributed by atoms with van der Waals surface area (Å²) < 4.78 is 2.00. The normalized spacial score (nSPS) is 17.3. The molecular weight excluding hydrogens is 306 g/mol. The number of hydrogen-bond acceptors (Lipinski definition) is 4. The quantitative estimate of drug-likeness (QED) is 0.763. The molecule has 7 heteroatoms. The number of fused-ring (bicyclic) bond motifs is 3. The number of rotatable bonds is 2. The van der Waals surface area contributed by atoms with E-state index < -0.39 is 0 Å². The third-order valence-electron chi connectivity index (χ3n) is 4.39. The molecule has 2 aliphatic heterocycles. The van der Waals surface area contributed by atoms with Gasteiger partial charge in [0.2, 0.25) is 0 Å². The Bertz CT molecular complexity index is 867. The first-order valence-electron chi connectivity index (χ1n) is 8.02. The highest BCUT2D eigenvalue weighted by atomic mass is 16.2. The summed E-state index contributed by atoms with van der Waals surface area (Å²) >= 11 is 0. The fourth-order valence-corrected chi connectivity index (χ4v) is 3.18. The van der Waals surface area contributed by atoms with Gasteiger partial charge in [-0.05, 0) is 24.6 Å². The second kappa shape index (κ2) is 5.68. The van der Waals surface area contributed by atoms with Crippen LogP contribution in [0.3, 0.4) is 0 Å². The molecule has 7 nitrogen and oxygen atoms in total. The first-order chi connectivity index (χ1) is 11.6. The van der Waals surface area contributed by atoms with E-state index >= 15 is 0 Å². The Balaban J connectivity index is 1.68. The van der Waals surface area contributed by atoms with Crippen molar-refractivity contribution >= 4 is 22.7 Å². The molecular formula is C17H19N5O2. The molecule has 2 aromatic rings. The fraction of sp³-hybridized carbons (Fsp3) is 0.294. The van der Waals surface area contributed by atoms with Crippen LogP contribution in [0.1, 0.15) is 27.3 Å². The van der Waals surface area contributed by atoms with Gasteiger partial charge in [0, 0.05) is 42.8 Å². The maximum atomic E-state index is 12.5. The third kappa shape index (κ3) is 2.52. The molecule has 0 saturated carbocycles. The number of amides is 2. The monoisotopic (exact) mass is 325 g/mol. The van der Waals surface area contributed by atoms with Crippen LogP contribution in [0, 0.1) is 0 Å². The highest BCUT2D eigenvalue weighted by Crippen LogP contribution is 2.23. The highest BCUT2D eigenvalue weighted by molar-refractivity contribution is 6.02. The van der Waals surface area contributed by atoms with Gasteiger partial charge in [0.1, 0.15) is 5.69 Å². The summed E-state index contributed by atoms with van der Waals surface area (Å²) in [5.41, 5.74) is 6.08. The van der Waals surface area contributed by atoms with Gasteiger partial charge in [-0.15, -0.1) is 0 Å². The van der Waals surface area contributed by atoms with Crippen molar-refractivity contribution in [3.63, 3.8) is 0 Å². The Morgan fingerprint density at radius 2 is 2.17 bits per heavy atom. The summed E-state index contributed by atoms with van der Waals surface area (Å²) in [4.78, 5) is 24.6. The maximum Gasteiger partial charge on any atom is 0.267 e. The zero-order chi connectivity index (χ0) is 16.7. The number of benzene rings is 1. The average Bonchev–Trinajstić information content (AvgIpc) is 3.09. The Kier molecular flexibility index (Phi) is 3.50. The second-order valence-corrected chi connectivity index (χ2v) is 6.12. The van der Waals surface area contributed by atoms with E-state index in [9.17, 15) is 9.59 Å². The predicted octanol–water partition coefficient (Wildman–Crippen LogP) is 0.796. The van der Waals surface area contributed by atoms with E-state index in [4.69, 9.17) is 0 Å². The lowest BCUT2D eigenvalue weighted by atomic mass is 10.1. The largest absolute Gasteiger partial charge is 0.351 e. The Morgan fingerprint density at radius 3 is 2.96 bits per heavy atom. The van der Waals surface area contributed by atoms with Crippen LogP contribution in [-0.2, 0) is 6.54 Å². The molecule has 0 bridgehead atoms. The molecule has 0 unspecified atom stereocenters. The van der Waals surface area contributed by atoms with Crippen molar-refractivity contribution < 1.29 is 9.59 Å². The Labute approximate surface area is 139 Å². The summed E-state index contributed by atoms with van der Waals surface area (Å²) in [7, 11) is 1.88. The first kappa shape index (κ1) is 14.8. The van der Waals surface area contributed by atoms with Crippen LogP contribution in [0.5, 0.6) is 0 Å². The van der Waals surface area contributed by atoms with Crippen molar-refractivity contribution in [1.29, 1.82) is 0 Å². The summed E-state index contributed by atoms with van der Waals surface area (Å²) in [6.45, 7) is 2.05. The number of carbonyl (C=O) groups is 2. The molecule has 0 saturated heterocycles. The van der Waals surface area contributed by atoms with Crippen LogP contribution in [0.25, 0.3) is 10.9 Å². The standard InChI is InChI=1S/C17H19N5O2/c1-21-10-13(9-19-21)20-16(23)12-4-3-11-7-15-17(24)18-5-2-6-22(15)14(11)8-12/h3-4,7-8,10,19H,2,5-6,9H2,1H3,(H,18,24)(H,20,23). The molecule has 0 radical (unpaired) electrons. The lowest BCUT2D eigenvalue weighted by Crippen LogP contribution is -2.27. The van der Waals surface area contributed by atoms with Crippen molar-refractivity contribution in [3.8, 4) is 0 Å². The van der Waals surface area contributed by atoms with E-state index in [1.54, 1.807) is 6.07 Å². The molecule has 1 aromatic carbocycles.